The van der Waals surface area contributed by atoms with Gasteiger partial charge in [-0.3, -0.25) is 15.1 Å². The quantitative estimate of drug-likeness (QED) is 0.374. The van der Waals surface area contributed by atoms with Crippen LogP contribution in [-0.4, -0.2) is 25.1 Å². The minimum Gasteiger partial charge on any atom is -0.487 e. The summed E-state index contributed by atoms with van der Waals surface area (Å²) in [5, 5.41) is 9.84. The fourth-order valence-electron chi connectivity index (χ4n) is 3.90. The standard InChI is InChI=1S/C26H19N5O/c1-2-4-17(5-3-1)16-32-21-10-20(13-28-14-21)18-6-7-23-22(11-18)26(31-30-23)24-12-19-8-9-27-15-25(19)29-24/h1-15,29H,16H2,(H,30,31). The Morgan fingerprint density at radius 2 is 1.72 bits per heavy atom. The Morgan fingerprint density at radius 3 is 2.62 bits per heavy atom. The molecular weight excluding hydrogens is 398 g/mol. The van der Waals surface area contributed by atoms with E-state index in [0.717, 1.165) is 55.6 Å². The van der Waals surface area contributed by atoms with Gasteiger partial charge in [0, 0.05) is 28.7 Å². The topological polar surface area (TPSA) is 79.5 Å². The van der Waals surface area contributed by atoms with E-state index in [0.29, 0.717) is 6.61 Å². The molecule has 2 N–H and O–H groups in total. The number of ether oxygens (including phenoxy) is 1. The molecule has 6 rings (SSSR count). The summed E-state index contributed by atoms with van der Waals surface area (Å²) in [5.74, 6) is 0.738. The lowest BCUT2D eigenvalue weighted by Crippen LogP contribution is -1.95. The Morgan fingerprint density at radius 1 is 0.781 bits per heavy atom. The normalized spacial score (nSPS) is 11.2. The van der Waals surface area contributed by atoms with Crippen LogP contribution >= 0.6 is 0 Å². The number of nitrogens with one attached hydrogen (secondary N) is 2. The van der Waals surface area contributed by atoms with Crippen molar-refractivity contribution in [2.45, 2.75) is 6.61 Å². The molecule has 6 heteroatoms. The maximum absolute atomic E-state index is 5.96. The molecule has 4 aromatic heterocycles. The van der Waals surface area contributed by atoms with Crippen molar-refractivity contribution in [3.8, 4) is 28.3 Å². The number of aromatic amines is 2. The maximum atomic E-state index is 5.96. The SMILES string of the molecule is c1ccc(COc2cncc(-c3ccc4[nH]nc(-c5cc6ccncc6[nH]5)c4c3)c2)cc1. The first kappa shape index (κ1) is 18.3. The third kappa shape index (κ3) is 3.37. The van der Waals surface area contributed by atoms with Crippen molar-refractivity contribution in [2.24, 2.45) is 0 Å². The molecule has 154 valence electrons. The predicted octanol–water partition coefficient (Wildman–Crippen LogP) is 5.75. The molecule has 4 heterocycles. The Bertz CT molecular complexity index is 1500. The highest BCUT2D eigenvalue weighted by molar-refractivity contribution is 5.97. The van der Waals surface area contributed by atoms with Gasteiger partial charge in [0.15, 0.2) is 0 Å². The van der Waals surface area contributed by atoms with E-state index in [4.69, 9.17) is 4.74 Å². The molecule has 0 fully saturated rings. The molecule has 2 aromatic carbocycles. The summed E-state index contributed by atoms with van der Waals surface area (Å²) in [5.41, 5.74) is 6.96. The number of fused-ring (bicyclic) bond motifs is 2. The molecule has 0 aliphatic rings. The molecule has 0 saturated carbocycles. The summed E-state index contributed by atoms with van der Waals surface area (Å²) in [6.45, 7) is 0.506. The van der Waals surface area contributed by atoms with E-state index in [2.05, 4.69) is 43.3 Å². The molecule has 0 bridgehead atoms. The van der Waals surface area contributed by atoms with Crippen LogP contribution in [0.3, 0.4) is 0 Å². The van der Waals surface area contributed by atoms with Crippen LogP contribution in [0.5, 0.6) is 5.75 Å². The molecule has 6 nitrogen and oxygen atoms in total. The van der Waals surface area contributed by atoms with E-state index in [-0.39, 0.29) is 0 Å². The summed E-state index contributed by atoms with van der Waals surface area (Å²) in [6.07, 6.45) is 7.21. The zero-order valence-electron chi connectivity index (χ0n) is 17.1. The zero-order chi connectivity index (χ0) is 21.3. The average Bonchev–Trinajstić information content (AvgIpc) is 3.47. The van der Waals surface area contributed by atoms with E-state index in [1.807, 2.05) is 60.9 Å². The largest absolute Gasteiger partial charge is 0.487 e. The van der Waals surface area contributed by atoms with Gasteiger partial charge in [-0.15, -0.1) is 0 Å². The first-order chi connectivity index (χ1) is 15.8. The second-order valence-corrected chi connectivity index (χ2v) is 7.66. The molecule has 0 aliphatic carbocycles. The van der Waals surface area contributed by atoms with Crippen LogP contribution < -0.4 is 4.74 Å². The Labute approximate surface area is 183 Å². The number of hydrogen-bond donors (Lipinski definition) is 2. The monoisotopic (exact) mass is 417 g/mol. The van der Waals surface area contributed by atoms with Crippen LogP contribution in [0.1, 0.15) is 5.56 Å². The van der Waals surface area contributed by atoms with E-state index >= 15 is 0 Å². The van der Waals surface area contributed by atoms with E-state index in [1.165, 1.54) is 0 Å². The van der Waals surface area contributed by atoms with Gasteiger partial charge in [0.2, 0.25) is 0 Å². The third-order valence-corrected chi connectivity index (χ3v) is 5.54. The van der Waals surface area contributed by atoms with E-state index in [9.17, 15) is 0 Å². The van der Waals surface area contributed by atoms with Crippen molar-refractivity contribution in [1.82, 2.24) is 25.1 Å². The lowest BCUT2D eigenvalue weighted by molar-refractivity contribution is 0.305. The van der Waals surface area contributed by atoms with Crippen molar-refractivity contribution < 1.29 is 4.74 Å². The first-order valence-electron chi connectivity index (χ1n) is 10.4. The van der Waals surface area contributed by atoms with Gasteiger partial charge in [-0.1, -0.05) is 36.4 Å². The number of rotatable bonds is 5. The Hall–Kier alpha value is -4.45. The van der Waals surface area contributed by atoms with Gasteiger partial charge < -0.3 is 9.72 Å². The Kier molecular flexibility index (Phi) is 4.39. The molecular formula is C26H19N5O. The van der Waals surface area contributed by atoms with Crippen LogP contribution in [0.15, 0.2) is 91.5 Å². The van der Waals surface area contributed by atoms with E-state index < -0.39 is 0 Å². The molecule has 0 spiro atoms. The smallest absolute Gasteiger partial charge is 0.138 e. The van der Waals surface area contributed by atoms with Crippen molar-refractivity contribution >= 4 is 21.8 Å². The number of nitrogens with zero attached hydrogens (tertiary/aromatic N) is 3. The minimum absolute atomic E-state index is 0.506. The summed E-state index contributed by atoms with van der Waals surface area (Å²) in [4.78, 5) is 12.0. The van der Waals surface area contributed by atoms with Crippen molar-refractivity contribution in [3.63, 3.8) is 0 Å². The van der Waals surface area contributed by atoms with Crippen LogP contribution in [0.4, 0.5) is 0 Å². The molecule has 0 amide bonds. The lowest BCUT2D eigenvalue weighted by atomic mass is 10.0. The molecule has 0 atom stereocenters. The lowest BCUT2D eigenvalue weighted by Gasteiger charge is -2.08. The third-order valence-electron chi connectivity index (χ3n) is 5.54. The second-order valence-electron chi connectivity index (χ2n) is 7.66. The second kappa shape index (κ2) is 7.67. The number of H-pyrrole nitrogens is 2. The minimum atomic E-state index is 0.506. The summed E-state index contributed by atoms with van der Waals surface area (Å²) < 4.78 is 5.96. The number of aromatic nitrogens is 5. The summed E-state index contributed by atoms with van der Waals surface area (Å²) in [6, 6.07) is 22.5. The highest BCUT2D eigenvalue weighted by atomic mass is 16.5. The van der Waals surface area contributed by atoms with Crippen molar-refractivity contribution in [2.75, 3.05) is 0 Å². The molecule has 0 unspecified atom stereocenters. The maximum Gasteiger partial charge on any atom is 0.138 e. The summed E-state index contributed by atoms with van der Waals surface area (Å²) in [7, 11) is 0. The van der Waals surface area contributed by atoms with Crippen LogP contribution in [0.25, 0.3) is 44.3 Å². The molecule has 32 heavy (non-hydrogen) atoms. The van der Waals surface area contributed by atoms with Crippen molar-refractivity contribution in [3.05, 3.63) is 97.1 Å². The van der Waals surface area contributed by atoms with E-state index in [1.54, 1.807) is 12.4 Å². The van der Waals surface area contributed by atoms with Gasteiger partial charge in [0.25, 0.3) is 0 Å². The summed E-state index contributed by atoms with van der Waals surface area (Å²) >= 11 is 0. The van der Waals surface area contributed by atoms with Crippen LogP contribution in [0, 0.1) is 0 Å². The molecule has 0 aliphatic heterocycles. The van der Waals surface area contributed by atoms with Crippen molar-refractivity contribution in [1.29, 1.82) is 0 Å². The molecule has 0 saturated heterocycles. The number of hydrogen-bond acceptors (Lipinski definition) is 4. The molecule has 6 aromatic rings. The van der Waals surface area contributed by atoms with Gasteiger partial charge in [-0.2, -0.15) is 5.10 Å². The fourth-order valence-corrected chi connectivity index (χ4v) is 3.90. The van der Waals surface area contributed by atoms with Gasteiger partial charge in [0.05, 0.1) is 29.1 Å². The Balaban J connectivity index is 1.34. The van der Waals surface area contributed by atoms with Crippen LogP contribution in [0.2, 0.25) is 0 Å². The van der Waals surface area contributed by atoms with Crippen LogP contribution in [-0.2, 0) is 6.61 Å². The van der Waals surface area contributed by atoms with Gasteiger partial charge in [-0.05, 0) is 41.5 Å². The van der Waals surface area contributed by atoms with Gasteiger partial charge >= 0.3 is 0 Å². The first-order valence-corrected chi connectivity index (χ1v) is 10.4. The highest BCUT2D eigenvalue weighted by Crippen LogP contribution is 2.32. The number of pyridine rings is 2. The van der Waals surface area contributed by atoms with Gasteiger partial charge in [-0.25, -0.2) is 0 Å². The number of benzene rings is 2. The highest BCUT2D eigenvalue weighted by Gasteiger charge is 2.12. The van der Waals surface area contributed by atoms with Gasteiger partial charge in [0.1, 0.15) is 18.1 Å². The molecule has 0 radical (unpaired) electrons. The average molecular weight is 417 g/mol. The zero-order valence-corrected chi connectivity index (χ0v) is 17.1. The predicted molar refractivity (Wildman–Crippen MR) is 125 cm³/mol. The fraction of sp³-hybridized carbons (Fsp3) is 0.0385.